The van der Waals surface area contributed by atoms with Gasteiger partial charge in [0, 0.05) is 11.3 Å². The highest BCUT2D eigenvalue weighted by molar-refractivity contribution is 5.25. The first-order chi connectivity index (χ1) is 6.21. The van der Waals surface area contributed by atoms with Crippen LogP contribution < -0.4 is 0 Å². The molecule has 4 nitrogen and oxygen atoms in total. The van der Waals surface area contributed by atoms with Gasteiger partial charge in [0.05, 0.1) is 12.2 Å². The second-order valence-electron chi connectivity index (χ2n) is 3.53. The molecule has 13 heavy (non-hydrogen) atoms. The summed E-state index contributed by atoms with van der Waals surface area (Å²) in [6, 6.07) is 0. The minimum Gasteiger partial charge on any atom is -0.365 e. The van der Waals surface area contributed by atoms with E-state index in [1.807, 2.05) is 0 Å². The fourth-order valence-electron chi connectivity index (χ4n) is 2.36. The highest BCUT2D eigenvalue weighted by atomic mass is 16.6. The van der Waals surface area contributed by atoms with E-state index in [-0.39, 0.29) is 11.0 Å². The molecule has 0 aromatic carbocycles. The van der Waals surface area contributed by atoms with Crippen LogP contribution in [0.1, 0.15) is 19.3 Å². The molecule has 0 N–H and O–H groups in total. The Labute approximate surface area is 76.0 Å². The summed E-state index contributed by atoms with van der Waals surface area (Å²) >= 11 is 0. The molecule has 0 spiro atoms. The van der Waals surface area contributed by atoms with Crippen molar-refractivity contribution in [2.45, 2.75) is 30.9 Å². The Morgan fingerprint density at radius 2 is 2.54 bits per heavy atom. The fourth-order valence-corrected chi connectivity index (χ4v) is 2.36. The Hall–Kier alpha value is -1.12. The molecule has 0 unspecified atom stereocenters. The van der Waals surface area contributed by atoms with Gasteiger partial charge in [-0.2, -0.15) is 0 Å². The van der Waals surface area contributed by atoms with E-state index in [1.54, 1.807) is 0 Å². The number of ether oxygens (including phenoxy) is 1. The van der Waals surface area contributed by atoms with E-state index in [4.69, 9.17) is 4.74 Å². The van der Waals surface area contributed by atoms with Gasteiger partial charge in [0.15, 0.2) is 0 Å². The number of nitrogens with zero attached hydrogens (tertiary/aromatic N) is 1. The molecular weight excluding hydrogens is 170 g/mol. The van der Waals surface area contributed by atoms with Gasteiger partial charge in [-0.05, 0) is 12.8 Å². The van der Waals surface area contributed by atoms with E-state index < -0.39 is 5.54 Å². The minimum absolute atomic E-state index is 0.217. The number of nitro groups is 1. The molecule has 1 aliphatic heterocycles. The van der Waals surface area contributed by atoms with Gasteiger partial charge in [-0.25, -0.2) is 0 Å². The maximum Gasteiger partial charge on any atom is 0.278 e. The van der Waals surface area contributed by atoms with E-state index >= 15 is 0 Å². The van der Waals surface area contributed by atoms with Gasteiger partial charge >= 0.3 is 0 Å². The highest BCUT2D eigenvalue weighted by Gasteiger charge is 2.61. The summed E-state index contributed by atoms with van der Waals surface area (Å²) in [4.78, 5) is 10.8. The van der Waals surface area contributed by atoms with Crippen molar-refractivity contribution in [2.24, 2.45) is 0 Å². The van der Waals surface area contributed by atoms with Gasteiger partial charge in [0.1, 0.15) is 6.10 Å². The average molecular weight is 181 g/mol. The predicted octanol–water partition coefficient (Wildman–Crippen LogP) is 1.30. The third-order valence-electron chi connectivity index (χ3n) is 3.05. The molecule has 2 aliphatic rings. The Morgan fingerprint density at radius 1 is 1.77 bits per heavy atom. The van der Waals surface area contributed by atoms with Gasteiger partial charge < -0.3 is 4.74 Å². The highest BCUT2D eigenvalue weighted by Crippen LogP contribution is 2.44. The second kappa shape index (κ2) is 2.69. The number of fused-ring (bicyclic) bond motifs is 1. The zero-order valence-electron chi connectivity index (χ0n) is 7.28. The molecule has 1 heterocycles. The van der Waals surface area contributed by atoms with Crippen LogP contribution in [-0.4, -0.2) is 23.2 Å². The van der Waals surface area contributed by atoms with Crippen molar-refractivity contribution in [3.05, 3.63) is 28.0 Å². The summed E-state index contributed by atoms with van der Waals surface area (Å²) < 4.78 is 5.36. The molecule has 2 rings (SSSR count). The topological polar surface area (TPSA) is 52.4 Å². The van der Waals surface area contributed by atoms with Crippen LogP contribution in [0.5, 0.6) is 0 Å². The van der Waals surface area contributed by atoms with Crippen LogP contribution >= 0.6 is 0 Å². The van der Waals surface area contributed by atoms with Crippen LogP contribution in [0.2, 0.25) is 0 Å². The lowest BCUT2D eigenvalue weighted by atomic mass is 9.90. The Morgan fingerprint density at radius 3 is 3.15 bits per heavy atom. The predicted molar refractivity (Wildman–Crippen MR) is 46.0 cm³/mol. The van der Waals surface area contributed by atoms with Crippen molar-refractivity contribution in [1.29, 1.82) is 0 Å². The first-order valence-electron chi connectivity index (χ1n) is 4.37. The zero-order chi connectivity index (χ0) is 9.47. The van der Waals surface area contributed by atoms with Crippen LogP contribution in [0, 0.1) is 10.1 Å². The van der Waals surface area contributed by atoms with E-state index in [2.05, 4.69) is 12.3 Å². The molecule has 0 aromatic heterocycles. The molecular formula is C9H11NO3. The molecule has 4 heteroatoms. The monoisotopic (exact) mass is 181 g/mol. The van der Waals surface area contributed by atoms with Gasteiger partial charge in [-0.1, -0.05) is 6.58 Å². The van der Waals surface area contributed by atoms with E-state index in [1.165, 1.54) is 0 Å². The van der Waals surface area contributed by atoms with Crippen LogP contribution in [0.3, 0.4) is 0 Å². The van der Waals surface area contributed by atoms with Crippen LogP contribution in [-0.2, 0) is 4.74 Å². The number of rotatable bonds is 1. The molecule has 0 bridgehead atoms. The summed E-state index contributed by atoms with van der Waals surface area (Å²) in [6.45, 7) is 3.81. The van der Waals surface area contributed by atoms with Crippen LogP contribution in [0.4, 0.5) is 0 Å². The van der Waals surface area contributed by atoms with Gasteiger partial charge in [-0.3, -0.25) is 10.1 Å². The van der Waals surface area contributed by atoms with Gasteiger partial charge in [0.25, 0.3) is 5.54 Å². The minimum atomic E-state index is -0.984. The van der Waals surface area contributed by atoms with Crippen molar-refractivity contribution in [1.82, 2.24) is 0 Å². The Kier molecular flexibility index (Phi) is 1.75. The quantitative estimate of drug-likeness (QED) is 0.348. The van der Waals surface area contributed by atoms with E-state index in [0.29, 0.717) is 18.6 Å². The maximum absolute atomic E-state index is 11.0. The summed E-state index contributed by atoms with van der Waals surface area (Å²) in [5.41, 5.74) is 2.30. The van der Waals surface area contributed by atoms with Crippen molar-refractivity contribution >= 4 is 0 Å². The summed E-state index contributed by atoms with van der Waals surface area (Å²) in [5, 5.41) is 11.0. The first-order valence-corrected chi connectivity index (χ1v) is 4.37. The lowest BCUT2D eigenvalue weighted by molar-refractivity contribution is -0.561. The van der Waals surface area contributed by atoms with Crippen molar-refractivity contribution in [3.63, 3.8) is 0 Å². The normalized spacial score (nSPS) is 37.2. The van der Waals surface area contributed by atoms with Gasteiger partial charge in [0.2, 0.25) is 0 Å². The van der Waals surface area contributed by atoms with Crippen molar-refractivity contribution < 1.29 is 9.66 Å². The molecule has 1 saturated carbocycles. The molecule has 1 aliphatic carbocycles. The number of hydrogen-bond donors (Lipinski definition) is 0. The summed E-state index contributed by atoms with van der Waals surface area (Å²) in [7, 11) is 0. The molecule has 0 amide bonds. The molecule has 2 atom stereocenters. The van der Waals surface area contributed by atoms with E-state index in [0.717, 1.165) is 12.8 Å². The van der Waals surface area contributed by atoms with Crippen molar-refractivity contribution in [3.8, 4) is 0 Å². The first kappa shape index (κ1) is 8.48. The van der Waals surface area contributed by atoms with Crippen molar-refractivity contribution in [2.75, 3.05) is 6.61 Å². The molecule has 1 saturated heterocycles. The van der Waals surface area contributed by atoms with Gasteiger partial charge in [-0.15, -0.1) is 5.73 Å². The SMILES string of the molecule is C=C=C1CO[C@H]2CCC[C@@]12[N+](=O)[O-]. The van der Waals surface area contributed by atoms with E-state index in [9.17, 15) is 10.1 Å². The fraction of sp³-hybridized carbons (Fsp3) is 0.667. The number of hydrogen-bond acceptors (Lipinski definition) is 3. The Balaban J connectivity index is 2.48. The van der Waals surface area contributed by atoms with Crippen LogP contribution in [0.15, 0.2) is 17.9 Å². The zero-order valence-corrected chi connectivity index (χ0v) is 7.28. The molecule has 70 valence electrons. The third kappa shape index (κ3) is 0.900. The maximum atomic E-state index is 11.0. The summed E-state index contributed by atoms with van der Waals surface area (Å²) in [5.74, 6) is 0. The molecule has 0 radical (unpaired) electrons. The summed E-state index contributed by atoms with van der Waals surface area (Å²) in [6.07, 6.45) is 1.97. The second-order valence-corrected chi connectivity index (χ2v) is 3.53. The lowest BCUT2D eigenvalue weighted by Gasteiger charge is -2.17. The lowest BCUT2D eigenvalue weighted by Crippen LogP contribution is -2.42. The third-order valence-corrected chi connectivity index (χ3v) is 3.05. The Bertz CT molecular complexity index is 306. The largest absolute Gasteiger partial charge is 0.365 e. The van der Waals surface area contributed by atoms with Crippen LogP contribution in [0.25, 0.3) is 0 Å². The standard InChI is InChI=1S/C9H11NO3/c1-2-7-6-13-8-4-3-5-9(7,8)10(11)12/h8H,1,3-6H2/t8-,9+/m0/s1. The molecule has 2 fully saturated rings. The smallest absolute Gasteiger partial charge is 0.278 e. The average Bonchev–Trinajstić information content (AvgIpc) is 2.59. The molecule has 0 aromatic rings.